The number of likely N-dealkylation sites (tertiary alicyclic amines) is 1. The van der Waals surface area contributed by atoms with E-state index in [1.54, 1.807) is 13.8 Å². The molecular weight excluding hydrogens is 827 g/mol. The van der Waals surface area contributed by atoms with Gasteiger partial charge in [-0.2, -0.15) is 18.2 Å². The van der Waals surface area contributed by atoms with Crippen molar-refractivity contribution >= 4 is 44.6 Å². The summed E-state index contributed by atoms with van der Waals surface area (Å²) in [7, 11) is -2.39. The van der Waals surface area contributed by atoms with Crippen LogP contribution in [0, 0.1) is 29.5 Å². The average Bonchev–Trinajstić information content (AvgIpc) is 3.55. The SMILES string of the molecule is CC[C@H](C[C@@H](C)CC/C=C\[C@@H]1CCCC1C(=O)NS(=O)(=O)C1(C)CC1)[C@H](NC(=O)OC(C)(C)C(F)(F)F)C(=O)N1C[C@H](Oc2nc(OC)cc3cc(F)ccc23)C[C@H]1C(N)=O. The molecule has 0 radical (unpaired) electrons. The second-order valence-corrected chi connectivity index (χ2v) is 19.6. The molecule has 1 aliphatic heterocycles. The lowest BCUT2D eigenvalue weighted by Gasteiger charge is -2.34. The minimum Gasteiger partial charge on any atom is -0.481 e. The van der Waals surface area contributed by atoms with Crippen molar-refractivity contribution in [2.24, 2.45) is 29.4 Å². The van der Waals surface area contributed by atoms with Gasteiger partial charge in [-0.1, -0.05) is 38.8 Å². The largest absolute Gasteiger partial charge is 0.481 e. The molecule has 61 heavy (non-hydrogen) atoms. The minimum atomic E-state index is -4.92. The fraction of sp³-hybridized carbons (Fsp3) is 0.643. The van der Waals surface area contributed by atoms with Gasteiger partial charge in [0.1, 0.15) is 24.0 Å². The highest BCUT2D eigenvalue weighted by molar-refractivity contribution is 7.91. The Morgan fingerprint density at radius 3 is 2.46 bits per heavy atom. The van der Waals surface area contributed by atoms with Gasteiger partial charge in [-0.05, 0) is 107 Å². The van der Waals surface area contributed by atoms with Crippen LogP contribution >= 0.6 is 0 Å². The number of rotatable bonds is 18. The highest BCUT2D eigenvalue weighted by Gasteiger charge is 2.53. The lowest BCUT2D eigenvalue weighted by atomic mass is 9.84. The van der Waals surface area contributed by atoms with Crippen molar-refractivity contribution in [3.8, 4) is 11.8 Å². The van der Waals surface area contributed by atoms with Gasteiger partial charge in [-0.15, -0.1) is 0 Å². The maximum atomic E-state index is 14.5. The Kier molecular flexibility index (Phi) is 14.6. The molecule has 0 bridgehead atoms. The zero-order valence-corrected chi connectivity index (χ0v) is 36.2. The van der Waals surface area contributed by atoms with Gasteiger partial charge in [0.15, 0.2) is 0 Å². The number of primary amides is 1. The molecule has 2 heterocycles. The highest BCUT2D eigenvalue weighted by Crippen LogP contribution is 2.43. The minimum absolute atomic E-state index is 0.0430. The second-order valence-electron chi connectivity index (χ2n) is 17.4. The summed E-state index contributed by atoms with van der Waals surface area (Å²) < 4.78 is 98.3. The number of allylic oxidation sites excluding steroid dienone is 2. The molecule has 338 valence electrons. The van der Waals surface area contributed by atoms with E-state index in [4.69, 9.17) is 19.9 Å². The summed E-state index contributed by atoms with van der Waals surface area (Å²) >= 11 is 0. The fourth-order valence-corrected chi connectivity index (χ4v) is 9.38. The zero-order valence-electron chi connectivity index (χ0n) is 35.3. The quantitative estimate of drug-likeness (QED) is 0.111. The van der Waals surface area contributed by atoms with E-state index in [9.17, 15) is 45.2 Å². The molecule has 2 aliphatic carbocycles. The first kappa shape index (κ1) is 47.4. The van der Waals surface area contributed by atoms with E-state index in [1.165, 1.54) is 31.4 Å². The molecule has 7 atom stereocenters. The maximum absolute atomic E-state index is 14.5. The molecule has 5 rings (SSSR count). The molecule has 1 aromatic carbocycles. The smallest absolute Gasteiger partial charge is 0.427 e. The van der Waals surface area contributed by atoms with E-state index in [0.29, 0.717) is 69.6 Å². The zero-order chi connectivity index (χ0) is 45.1. The number of fused-ring (bicyclic) bond motifs is 1. The van der Waals surface area contributed by atoms with Crippen LogP contribution in [0.5, 0.6) is 11.8 Å². The van der Waals surface area contributed by atoms with Crippen LogP contribution in [0.4, 0.5) is 22.4 Å². The molecule has 1 unspecified atom stereocenters. The van der Waals surface area contributed by atoms with Gasteiger partial charge in [-0.3, -0.25) is 19.1 Å². The molecule has 1 aromatic heterocycles. The second kappa shape index (κ2) is 18.7. The summed E-state index contributed by atoms with van der Waals surface area (Å²) in [5, 5.41) is 3.23. The van der Waals surface area contributed by atoms with Crippen molar-refractivity contribution in [3.63, 3.8) is 0 Å². The number of nitrogens with one attached hydrogen (secondary N) is 2. The van der Waals surface area contributed by atoms with Crippen molar-refractivity contribution in [2.45, 2.75) is 134 Å². The van der Waals surface area contributed by atoms with Crippen molar-refractivity contribution in [3.05, 3.63) is 42.2 Å². The number of methoxy groups -OCH3 is 1. The van der Waals surface area contributed by atoms with Crippen LogP contribution in [0.2, 0.25) is 0 Å². The normalized spacial score (nSPS) is 23.0. The first-order valence-corrected chi connectivity index (χ1v) is 22.2. The van der Waals surface area contributed by atoms with E-state index in [2.05, 4.69) is 15.0 Å². The number of ether oxygens (including phenoxy) is 3. The standard InChI is InChI=1S/C42H57F4N5O9S/c1-7-25(19-24(2)11-8-9-12-26-13-10-14-30(26)36(53)50-61(56,57)41(5)17-18-41)34(49-39(55)60-40(3,4)42(44,45)46)38(54)51-23-29(22-32(51)35(47)52)59-37-31-16-15-28(43)20-27(31)21-33(48-37)58-6/h9,12,15-16,20-21,24-26,29-30,32,34H,7-8,10-11,13-14,17-19,22-23H2,1-6H3,(H2,47,52)(H,49,55)(H,50,53)/b12-9-/t24-,25+,26+,29+,30?,32-,34-/m0/s1. The molecule has 4 amide bonds. The highest BCUT2D eigenvalue weighted by atomic mass is 32.2. The number of pyridine rings is 1. The molecule has 14 nitrogen and oxygen atoms in total. The maximum Gasteiger partial charge on any atom is 0.427 e. The van der Waals surface area contributed by atoms with Crippen molar-refractivity contribution in [2.75, 3.05) is 13.7 Å². The number of benzene rings is 1. The third kappa shape index (κ3) is 11.2. The van der Waals surface area contributed by atoms with Crippen LogP contribution in [-0.4, -0.2) is 90.5 Å². The number of aromatic nitrogens is 1. The number of carbonyl (C=O) groups excluding carboxylic acids is 4. The number of alkyl carbamates (subject to hydrolysis) is 1. The van der Waals surface area contributed by atoms with E-state index in [0.717, 1.165) is 17.7 Å². The van der Waals surface area contributed by atoms with Crippen LogP contribution in [-0.2, 0) is 29.1 Å². The van der Waals surface area contributed by atoms with Gasteiger partial charge in [0.25, 0.3) is 0 Å². The third-order valence-corrected chi connectivity index (χ3v) is 14.5. The molecule has 0 spiro atoms. The third-order valence-electron chi connectivity index (χ3n) is 12.3. The Labute approximate surface area is 353 Å². The van der Waals surface area contributed by atoms with E-state index in [1.807, 2.05) is 19.1 Å². The summed E-state index contributed by atoms with van der Waals surface area (Å²) in [6.07, 6.45) is 1.44. The van der Waals surface area contributed by atoms with Crippen molar-refractivity contribution < 1.29 is 59.4 Å². The molecule has 2 saturated carbocycles. The number of alkyl halides is 3. The summed E-state index contributed by atoms with van der Waals surface area (Å²) in [5.41, 5.74) is 2.89. The number of carbonyl (C=O) groups is 4. The van der Waals surface area contributed by atoms with Crippen LogP contribution in [0.3, 0.4) is 0 Å². The van der Waals surface area contributed by atoms with Gasteiger partial charge in [0.05, 0.1) is 18.4 Å². The van der Waals surface area contributed by atoms with Gasteiger partial charge in [-0.25, -0.2) is 17.6 Å². The monoisotopic (exact) mass is 883 g/mol. The molecule has 4 N–H and O–H groups in total. The van der Waals surface area contributed by atoms with Crippen LogP contribution in [0.15, 0.2) is 36.4 Å². The van der Waals surface area contributed by atoms with E-state index >= 15 is 0 Å². The fourth-order valence-electron chi connectivity index (χ4n) is 8.07. The first-order valence-electron chi connectivity index (χ1n) is 20.7. The number of halogens is 4. The average molecular weight is 884 g/mol. The summed E-state index contributed by atoms with van der Waals surface area (Å²) in [6, 6.07) is 2.79. The number of hydrogen-bond acceptors (Lipinski definition) is 10. The number of hydrogen-bond donors (Lipinski definition) is 3. The Bertz CT molecular complexity index is 2100. The van der Waals surface area contributed by atoms with E-state index in [-0.39, 0.29) is 36.6 Å². The number of amides is 4. The predicted octanol–water partition coefficient (Wildman–Crippen LogP) is 6.46. The molecule has 19 heteroatoms. The van der Waals surface area contributed by atoms with Crippen LogP contribution in [0.1, 0.15) is 98.8 Å². The number of nitrogens with zero attached hydrogens (tertiary/aromatic N) is 2. The molecular formula is C42H57F4N5O9S. The summed E-state index contributed by atoms with van der Waals surface area (Å²) in [5.74, 6) is -3.81. The van der Waals surface area contributed by atoms with Crippen molar-refractivity contribution in [1.82, 2.24) is 19.9 Å². The Balaban J connectivity index is 1.30. The molecule has 1 saturated heterocycles. The number of sulfonamides is 1. The predicted molar refractivity (Wildman–Crippen MR) is 217 cm³/mol. The lowest BCUT2D eigenvalue weighted by Crippen LogP contribution is -2.57. The van der Waals surface area contributed by atoms with Crippen LogP contribution < -0.4 is 25.2 Å². The molecule has 3 fully saturated rings. The van der Waals surface area contributed by atoms with Gasteiger partial charge >= 0.3 is 12.3 Å². The van der Waals surface area contributed by atoms with Gasteiger partial charge < -0.3 is 30.2 Å². The number of nitrogens with two attached hydrogens (primary N) is 1. The topological polar surface area (TPSA) is 196 Å². The lowest BCUT2D eigenvalue weighted by molar-refractivity contribution is -0.244. The Hall–Kier alpha value is -4.68. The summed E-state index contributed by atoms with van der Waals surface area (Å²) in [4.78, 5) is 59.0. The van der Waals surface area contributed by atoms with E-state index < -0.39 is 86.2 Å². The summed E-state index contributed by atoms with van der Waals surface area (Å²) in [6.45, 7) is 6.48. The van der Waals surface area contributed by atoms with Crippen LogP contribution in [0.25, 0.3) is 10.8 Å². The van der Waals surface area contributed by atoms with Crippen molar-refractivity contribution in [1.29, 1.82) is 0 Å². The first-order chi connectivity index (χ1) is 28.5. The Morgan fingerprint density at radius 1 is 1.13 bits per heavy atom. The molecule has 2 aromatic rings. The van der Waals surface area contributed by atoms with Gasteiger partial charge in [0.2, 0.25) is 45.1 Å². The Morgan fingerprint density at radius 2 is 1.84 bits per heavy atom. The molecule has 3 aliphatic rings. The van der Waals surface area contributed by atoms with Gasteiger partial charge in [0, 0.05) is 23.8 Å².